The average Bonchev–Trinajstić information content (AvgIpc) is 2.58. The number of aromatic nitrogens is 3. The molecule has 0 bridgehead atoms. The summed E-state index contributed by atoms with van der Waals surface area (Å²) in [6.07, 6.45) is 0. The van der Waals surface area contributed by atoms with Crippen molar-refractivity contribution in [3.63, 3.8) is 0 Å². The Morgan fingerprint density at radius 1 is 1.50 bits per heavy atom. The van der Waals surface area contributed by atoms with Crippen molar-refractivity contribution in [1.29, 1.82) is 0 Å². The largest absolute Gasteiger partial charge is 0.481 e. The molecule has 6 nitrogen and oxygen atoms in total. The standard InChI is InChI=1S/C10H16N4O2/c1-10(2,3)8-12-13-9-11-4-6(7(15)16)5-14(8)9/h6H,4-5H2,1-3H3,(H,11,13)(H,15,16). The smallest absolute Gasteiger partial charge is 0.310 e. The first-order chi connectivity index (χ1) is 7.39. The van der Waals surface area contributed by atoms with Gasteiger partial charge in [-0.15, -0.1) is 10.2 Å². The lowest BCUT2D eigenvalue weighted by atomic mass is 9.95. The summed E-state index contributed by atoms with van der Waals surface area (Å²) in [7, 11) is 0. The first kappa shape index (κ1) is 10.9. The number of carboxylic acid groups (broad SMARTS) is 1. The fraction of sp³-hybridized carbons (Fsp3) is 0.700. The van der Waals surface area contributed by atoms with Crippen LogP contribution in [-0.4, -0.2) is 32.4 Å². The molecule has 88 valence electrons. The molecule has 1 unspecified atom stereocenters. The maximum Gasteiger partial charge on any atom is 0.310 e. The minimum Gasteiger partial charge on any atom is -0.481 e. The Balaban J connectivity index is 2.35. The number of nitrogens with zero attached hydrogens (tertiary/aromatic N) is 3. The van der Waals surface area contributed by atoms with E-state index in [-0.39, 0.29) is 5.41 Å². The summed E-state index contributed by atoms with van der Waals surface area (Å²) in [5.74, 6) is 0.291. The van der Waals surface area contributed by atoms with Crippen molar-refractivity contribution in [3.8, 4) is 0 Å². The molecular formula is C10H16N4O2. The number of hydrogen-bond acceptors (Lipinski definition) is 4. The second kappa shape index (κ2) is 3.47. The number of carboxylic acids is 1. The molecule has 1 atom stereocenters. The number of fused-ring (bicyclic) bond motifs is 1. The topological polar surface area (TPSA) is 80.0 Å². The van der Waals surface area contributed by atoms with Crippen LogP contribution in [-0.2, 0) is 16.8 Å². The number of aliphatic carboxylic acids is 1. The third kappa shape index (κ3) is 1.75. The minimum atomic E-state index is -0.785. The van der Waals surface area contributed by atoms with Crippen LogP contribution in [0.5, 0.6) is 0 Å². The van der Waals surface area contributed by atoms with Gasteiger partial charge in [-0.25, -0.2) is 0 Å². The molecule has 1 aromatic heterocycles. The molecule has 6 heteroatoms. The number of rotatable bonds is 1. The van der Waals surface area contributed by atoms with Crippen LogP contribution in [0.3, 0.4) is 0 Å². The van der Waals surface area contributed by atoms with Gasteiger partial charge in [0.25, 0.3) is 0 Å². The first-order valence-corrected chi connectivity index (χ1v) is 5.30. The van der Waals surface area contributed by atoms with E-state index < -0.39 is 11.9 Å². The summed E-state index contributed by atoms with van der Waals surface area (Å²) in [6, 6.07) is 0. The van der Waals surface area contributed by atoms with Gasteiger partial charge < -0.3 is 10.4 Å². The molecule has 0 saturated heterocycles. The Bertz CT molecular complexity index is 419. The number of nitrogens with one attached hydrogen (secondary N) is 1. The van der Waals surface area contributed by atoms with E-state index in [1.54, 1.807) is 0 Å². The Morgan fingerprint density at radius 3 is 2.75 bits per heavy atom. The molecule has 1 aromatic rings. The molecule has 2 heterocycles. The van der Waals surface area contributed by atoms with Gasteiger partial charge in [-0.2, -0.15) is 0 Å². The third-order valence-corrected chi connectivity index (χ3v) is 2.68. The van der Waals surface area contributed by atoms with Gasteiger partial charge in [0, 0.05) is 18.5 Å². The van der Waals surface area contributed by atoms with Gasteiger partial charge in [0.1, 0.15) is 5.82 Å². The zero-order valence-electron chi connectivity index (χ0n) is 9.69. The molecule has 0 radical (unpaired) electrons. The molecule has 0 aliphatic carbocycles. The molecule has 0 aromatic carbocycles. The van der Waals surface area contributed by atoms with Gasteiger partial charge in [0.15, 0.2) is 0 Å². The molecule has 0 saturated carbocycles. The molecule has 2 N–H and O–H groups in total. The average molecular weight is 224 g/mol. The second-order valence-corrected chi connectivity index (χ2v) is 5.12. The molecule has 16 heavy (non-hydrogen) atoms. The summed E-state index contributed by atoms with van der Waals surface area (Å²) in [6.45, 7) is 6.97. The Labute approximate surface area is 93.7 Å². The van der Waals surface area contributed by atoms with Crippen LogP contribution < -0.4 is 5.32 Å². The van der Waals surface area contributed by atoms with Crippen LogP contribution in [0.25, 0.3) is 0 Å². The van der Waals surface area contributed by atoms with E-state index in [0.717, 1.165) is 5.82 Å². The van der Waals surface area contributed by atoms with Crippen molar-refractivity contribution in [1.82, 2.24) is 14.8 Å². The van der Waals surface area contributed by atoms with Gasteiger partial charge >= 0.3 is 5.97 Å². The van der Waals surface area contributed by atoms with Crippen molar-refractivity contribution in [2.75, 3.05) is 11.9 Å². The molecule has 0 fully saturated rings. The minimum absolute atomic E-state index is 0.132. The van der Waals surface area contributed by atoms with E-state index in [2.05, 4.69) is 15.5 Å². The highest BCUT2D eigenvalue weighted by Gasteiger charge is 2.30. The van der Waals surface area contributed by atoms with E-state index in [1.165, 1.54) is 0 Å². The van der Waals surface area contributed by atoms with Crippen LogP contribution in [0.15, 0.2) is 0 Å². The van der Waals surface area contributed by atoms with Crippen LogP contribution in [0.4, 0.5) is 5.95 Å². The van der Waals surface area contributed by atoms with Gasteiger partial charge in [-0.05, 0) is 0 Å². The van der Waals surface area contributed by atoms with Crippen molar-refractivity contribution < 1.29 is 9.90 Å². The summed E-state index contributed by atoms with van der Waals surface area (Å²) >= 11 is 0. The highest BCUT2D eigenvalue weighted by atomic mass is 16.4. The first-order valence-electron chi connectivity index (χ1n) is 5.30. The van der Waals surface area contributed by atoms with Crippen LogP contribution >= 0.6 is 0 Å². The SMILES string of the molecule is CC(C)(C)c1nnc2n1CC(C(=O)O)CN2. The van der Waals surface area contributed by atoms with E-state index in [1.807, 2.05) is 25.3 Å². The van der Waals surface area contributed by atoms with Crippen molar-refractivity contribution in [3.05, 3.63) is 5.82 Å². The van der Waals surface area contributed by atoms with Gasteiger partial charge in [-0.3, -0.25) is 9.36 Å². The molecular weight excluding hydrogens is 208 g/mol. The van der Waals surface area contributed by atoms with Crippen molar-refractivity contribution in [2.45, 2.75) is 32.7 Å². The molecule has 0 spiro atoms. The predicted molar refractivity (Wildman–Crippen MR) is 58.3 cm³/mol. The van der Waals surface area contributed by atoms with Crippen molar-refractivity contribution >= 4 is 11.9 Å². The van der Waals surface area contributed by atoms with Gasteiger partial charge in [0.05, 0.1) is 5.92 Å². The number of carbonyl (C=O) groups is 1. The van der Waals surface area contributed by atoms with Crippen LogP contribution in [0, 0.1) is 5.92 Å². The van der Waals surface area contributed by atoms with Crippen LogP contribution in [0.1, 0.15) is 26.6 Å². The van der Waals surface area contributed by atoms with Gasteiger partial charge in [0.2, 0.25) is 5.95 Å². The second-order valence-electron chi connectivity index (χ2n) is 5.12. The normalized spacial score (nSPS) is 20.1. The maximum absolute atomic E-state index is 11.0. The number of anilines is 1. The zero-order valence-corrected chi connectivity index (χ0v) is 9.69. The number of hydrogen-bond donors (Lipinski definition) is 2. The van der Waals surface area contributed by atoms with E-state index in [9.17, 15) is 4.79 Å². The Kier molecular flexibility index (Phi) is 2.36. The summed E-state index contributed by atoms with van der Waals surface area (Å²) < 4.78 is 1.86. The van der Waals surface area contributed by atoms with Crippen molar-refractivity contribution in [2.24, 2.45) is 5.92 Å². The maximum atomic E-state index is 11.0. The predicted octanol–water partition coefficient (Wildman–Crippen LogP) is 0.702. The highest BCUT2D eigenvalue weighted by molar-refractivity contribution is 5.71. The summed E-state index contributed by atoms with van der Waals surface area (Å²) in [5.41, 5.74) is -0.132. The lowest BCUT2D eigenvalue weighted by molar-refractivity contribution is -0.141. The van der Waals surface area contributed by atoms with E-state index >= 15 is 0 Å². The Hall–Kier alpha value is -1.59. The Morgan fingerprint density at radius 2 is 2.19 bits per heavy atom. The zero-order chi connectivity index (χ0) is 11.9. The van der Waals surface area contributed by atoms with E-state index in [4.69, 9.17) is 5.11 Å². The lowest BCUT2D eigenvalue weighted by Gasteiger charge is -2.26. The third-order valence-electron chi connectivity index (χ3n) is 2.68. The quantitative estimate of drug-likeness (QED) is 0.734. The molecule has 2 rings (SSSR count). The fourth-order valence-corrected chi connectivity index (χ4v) is 1.83. The fourth-order valence-electron chi connectivity index (χ4n) is 1.83. The molecule has 1 aliphatic heterocycles. The molecule has 1 aliphatic rings. The van der Waals surface area contributed by atoms with Gasteiger partial charge in [-0.1, -0.05) is 20.8 Å². The summed E-state index contributed by atoms with van der Waals surface area (Å²) in [4.78, 5) is 11.0. The molecule has 0 amide bonds. The summed E-state index contributed by atoms with van der Waals surface area (Å²) in [5, 5.41) is 20.1. The van der Waals surface area contributed by atoms with Crippen LogP contribution in [0.2, 0.25) is 0 Å². The monoisotopic (exact) mass is 224 g/mol. The lowest BCUT2D eigenvalue weighted by Crippen LogP contribution is -2.35. The highest BCUT2D eigenvalue weighted by Crippen LogP contribution is 2.26. The van der Waals surface area contributed by atoms with E-state index in [0.29, 0.717) is 19.0 Å².